The molecule has 296 valence electrons. The molecule has 4 heterocycles. The van der Waals surface area contributed by atoms with Crippen molar-refractivity contribution < 1.29 is 0 Å². The zero-order valence-electron chi connectivity index (χ0n) is 33.9. The first-order valence-electron chi connectivity index (χ1n) is 21.5. The topological polar surface area (TPSA) is 54.8 Å². The number of thioether (sulfide) groups is 1. The fourth-order valence-corrected chi connectivity index (χ4v) is 11.8. The van der Waals surface area contributed by atoms with Crippen LogP contribution in [-0.4, -0.2) is 31.2 Å². The lowest BCUT2D eigenvalue weighted by molar-refractivity contribution is 0.374. The zero-order chi connectivity index (χ0) is 41.0. The molecule has 62 heavy (non-hydrogen) atoms. The molecule has 0 radical (unpaired) electrons. The fourth-order valence-electron chi connectivity index (χ4n) is 10.1. The fraction of sp³-hybridized carbons (Fsp3) is 0.107. The number of hydrogen-bond acceptors (Lipinski definition) is 6. The lowest BCUT2D eigenvalue weighted by atomic mass is 9.73. The van der Waals surface area contributed by atoms with E-state index in [-0.39, 0.29) is 0 Å². The molecule has 0 amide bonds. The van der Waals surface area contributed by atoms with Crippen LogP contribution in [0, 0.1) is 0 Å². The molecule has 5 nitrogen and oxygen atoms in total. The Balaban J connectivity index is 1.01. The van der Waals surface area contributed by atoms with Crippen LogP contribution in [0.25, 0.3) is 67.7 Å². The number of nitrogens with zero attached hydrogens (tertiary/aromatic N) is 5. The van der Waals surface area contributed by atoms with Gasteiger partial charge in [0.05, 0.1) is 5.69 Å². The number of anilines is 2. The molecule has 0 bridgehead atoms. The maximum absolute atomic E-state index is 5.42. The Bertz CT molecular complexity index is 3030. The Morgan fingerprint density at radius 1 is 0.435 bits per heavy atom. The molecule has 1 saturated carbocycles. The van der Waals surface area contributed by atoms with E-state index in [0.29, 0.717) is 40.6 Å². The highest BCUT2D eigenvalue weighted by molar-refractivity contribution is 8.00. The number of benzene rings is 7. The van der Waals surface area contributed by atoms with Crippen molar-refractivity contribution in [2.24, 2.45) is 0 Å². The lowest BCUT2D eigenvalue weighted by Crippen LogP contribution is -2.38. The third kappa shape index (κ3) is 6.41. The molecule has 1 fully saturated rings. The normalized spacial score (nSPS) is 18.4. The summed E-state index contributed by atoms with van der Waals surface area (Å²) >= 11 is 2.05. The molecular formula is C56H41N5S. The predicted octanol–water partition coefficient (Wildman–Crippen LogP) is 13.9. The van der Waals surface area contributed by atoms with Crippen LogP contribution < -0.4 is 4.90 Å². The van der Waals surface area contributed by atoms with Crippen molar-refractivity contribution in [2.75, 3.05) is 4.90 Å². The average Bonchev–Trinajstić information content (AvgIpc) is 3.89. The maximum Gasteiger partial charge on any atom is 0.166 e. The Morgan fingerprint density at radius 3 is 1.71 bits per heavy atom. The quantitative estimate of drug-likeness (QED) is 0.160. The smallest absolute Gasteiger partial charge is 0.166 e. The van der Waals surface area contributed by atoms with Crippen molar-refractivity contribution in [3.05, 3.63) is 211 Å². The number of fused-ring (bicyclic) bond motifs is 6. The molecular weight excluding hydrogens is 775 g/mol. The number of para-hydroxylation sites is 2. The standard InChI is InChI=1S/C56H41N5S/c1-5-17-36(18-6-1)39-23-15-24-40(31-39)41-32-48(56-59-54(37-19-7-2-8-20-37)58-55(60-56)38-21-9-3-10-22-38)52(57-35-41)45-29-16-28-44-47-33-46-43-27-13-14-30-49(43)61(42-25-11-4-12-26-42)50(46)34-51(47)62-53(44)45/h1-32,35,46-47,50-51H,33-34H2. The molecule has 4 atom stereocenters. The van der Waals surface area contributed by atoms with E-state index in [1.54, 1.807) is 0 Å². The summed E-state index contributed by atoms with van der Waals surface area (Å²) < 4.78 is 0. The molecule has 7 aromatic carbocycles. The van der Waals surface area contributed by atoms with Gasteiger partial charge in [0.15, 0.2) is 17.5 Å². The second-order valence-corrected chi connectivity index (χ2v) is 17.8. The summed E-state index contributed by atoms with van der Waals surface area (Å²) in [4.78, 5) is 25.0. The van der Waals surface area contributed by atoms with Crippen LogP contribution in [0.2, 0.25) is 0 Å². The summed E-state index contributed by atoms with van der Waals surface area (Å²) in [6.45, 7) is 0. The molecule has 12 rings (SSSR count). The monoisotopic (exact) mass is 815 g/mol. The zero-order valence-corrected chi connectivity index (χ0v) is 34.7. The molecule has 3 aliphatic rings. The molecule has 2 aliphatic heterocycles. The number of aromatic nitrogens is 4. The minimum Gasteiger partial charge on any atom is -0.337 e. The van der Waals surface area contributed by atoms with Crippen LogP contribution in [0.15, 0.2) is 205 Å². The van der Waals surface area contributed by atoms with Crippen molar-refractivity contribution in [3.8, 4) is 67.7 Å². The highest BCUT2D eigenvalue weighted by atomic mass is 32.2. The SMILES string of the molecule is c1ccc(-c2cccc(-c3cnc(-c4cccc5c4SC4CC6C(CC54)c4ccccc4N6c4ccccc4)c(-c4nc(-c5ccccc5)nc(-c5ccccc5)n4)c3)c2)cc1. The van der Waals surface area contributed by atoms with E-state index in [9.17, 15) is 0 Å². The molecule has 0 spiro atoms. The van der Waals surface area contributed by atoms with Gasteiger partial charge >= 0.3 is 0 Å². The van der Waals surface area contributed by atoms with Crippen molar-refractivity contribution in [1.82, 2.24) is 19.9 Å². The van der Waals surface area contributed by atoms with E-state index in [2.05, 4.69) is 174 Å². The van der Waals surface area contributed by atoms with Crippen molar-refractivity contribution in [2.45, 2.75) is 40.9 Å². The van der Waals surface area contributed by atoms with Gasteiger partial charge in [0.1, 0.15) is 0 Å². The van der Waals surface area contributed by atoms with Crippen LogP contribution in [0.3, 0.4) is 0 Å². The van der Waals surface area contributed by atoms with Crippen LogP contribution >= 0.6 is 11.8 Å². The lowest BCUT2D eigenvalue weighted by Gasteiger charge is -2.39. The van der Waals surface area contributed by atoms with Crippen LogP contribution in [0.4, 0.5) is 11.4 Å². The van der Waals surface area contributed by atoms with Crippen molar-refractivity contribution in [3.63, 3.8) is 0 Å². The van der Waals surface area contributed by atoms with Gasteiger partial charge in [0.25, 0.3) is 0 Å². The van der Waals surface area contributed by atoms with Gasteiger partial charge < -0.3 is 4.90 Å². The van der Waals surface area contributed by atoms with E-state index >= 15 is 0 Å². The summed E-state index contributed by atoms with van der Waals surface area (Å²) in [5.41, 5.74) is 14.7. The van der Waals surface area contributed by atoms with Gasteiger partial charge in [-0.05, 0) is 76.9 Å². The van der Waals surface area contributed by atoms with Crippen LogP contribution in [-0.2, 0) is 0 Å². The summed E-state index contributed by atoms with van der Waals surface area (Å²) in [6.07, 6.45) is 4.25. The highest BCUT2D eigenvalue weighted by Gasteiger charge is 2.50. The molecule has 1 aliphatic carbocycles. The van der Waals surface area contributed by atoms with Gasteiger partial charge in [-0.25, -0.2) is 15.0 Å². The third-order valence-electron chi connectivity index (χ3n) is 13.0. The van der Waals surface area contributed by atoms with Crippen LogP contribution in [0.5, 0.6) is 0 Å². The summed E-state index contributed by atoms with van der Waals surface area (Å²) in [6, 6.07) is 69.3. The summed E-state index contributed by atoms with van der Waals surface area (Å²) in [5, 5.41) is 0.447. The maximum atomic E-state index is 5.42. The Morgan fingerprint density at radius 2 is 1.00 bits per heavy atom. The second-order valence-electron chi connectivity index (χ2n) is 16.5. The molecule has 0 saturated heterocycles. The average molecular weight is 816 g/mol. The predicted molar refractivity (Wildman–Crippen MR) is 253 cm³/mol. The molecule has 2 aromatic heterocycles. The highest BCUT2D eigenvalue weighted by Crippen LogP contribution is 2.61. The first-order valence-corrected chi connectivity index (χ1v) is 22.4. The summed E-state index contributed by atoms with van der Waals surface area (Å²) in [5.74, 6) is 2.76. The first-order chi connectivity index (χ1) is 30.7. The van der Waals surface area contributed by atoms with Crippen molar-refractivity contribution in [1.29, 1.82) is 0 Å². The number of pyridine rings is 1. The Hall–Kier alpha value is -7.15. The number of rotatable bonds is 7. The van der Waals surface area contributed by atoms with Crippen molar-refractivity contribution >= 4 is 23.1 Å². The van der Waals surface area contributed by atoms with Gasteiger partial charge in [-0.1, -0.05) is 164 Å². The summed E-state index contributed by atoms with van der Waals surface area (Å²) in [7, 11) is 0. The third-order valence-corrected chi connectivity index (χ3v) is 14.5. The van der Waals surface area contributed by atoms with Gasteiger partial charge in [-0.15, -0.1) is 11.8 Å². The Kier molecular flexibility index (Phi) is 9.11. The van der Waals surface area contributed by atoms with Gasteiger partial charge in [-0.3, -0.25) is 4.98 Å². The van der Waals surface area contributed by atoms with E-state index in [0.717, 1.165) is 57.5 Å². The molecule has 9 aromatic rings. The van der Waals surface area contributed by atoms with E-state index in [1.165, 1.54) is 33.0 Å². The molecule has 6 heteroatoms. The van der Waals surface area contributed by atoms with Gasteiger partial charge in [0.2, 0.25) is 0 Å². The minimum absolute atomic E-state index is 0.402. The molecule has 4 unspecified atom stereocenters. The van der Waals surface area contributed by atoms with Gasteiger partial charge in [-0.2, -0.15) is 0 Å². The van der Waals surface area contributed by atoms with E-state index < -0.39 is 0 Å². The largest absolute Gasteiger partial charge is 0.337 e. The van der Waals surface area contributed by atoms with Gasteiger partial charge in [0, 0.05) is 67.5 Å². The van der Waals surface area contributed by atoms with Crippen LogP contribution in [0.1, 0.15) is 35.8 Å². The van der Waals surface area contributed by atoms with E-state index in [4.69, 9.17) is 19.9 Å². The van der Waals surface area contributed by atoms with E-state index in [1.807, 2.05) is 42.6 Å². The molecule has 0 N–H and O–H groups in total. The number of hydrogen-bond donors (Lipinski definition) is 0. The second kappa shape index (κ2) is 15.4. The minimum atomic E-state index is 0.402. The Labute approximate surface area is 366 Å². The first kappa shape index (κ1) is 36.7.